The number of hydrogen-bond acceptors (Lipinski definition) is 2. The zero-order valence-electron chi connectivity index (χ0n) is 13.0. The Labute approximate surface area is 127 Å². The molecule has 0 radical (unpaired) electrons. The van der Waals surface area contributed by atoms with E-state index in [9.17, 15) is 9.90 Å². The third kappa shape index (κ3) is 4.74. The minimum atomic E-state index is -0.384. The van der Waals surface area contributed by atoms with Gasteiger partial charge >= 0.3 is 6.03 Å². The SMILES string of the molecule is CC(C)CC(NC(=O)N1CCCC(O)C1)c1ccccc1. The van der Waals surface area contributed by atoms with Crippen LogP contribution in [-0.2, 0) is 0 Å². The summed E-state index contributed by atoms with van der Waals surface area (Å²) in [5, 5.41) is 12.8. The summed E-state index contributed by atoms with van der Waals surface area (Å²) in [6.45, 7) is 5.49. The molecule has 1 aromatic rings. The normalized spacial score (nSPS) is 20.4. The Morgan fingerprint density at radius 2 is 2.10 bits per heavy atom. The number of carbonyl (C=O) groups is 1. The van der Waals surface area contributed by atoms with Crippen molar-refractivity contribution >= 4 is 6.03 Å². The number of benzene rings is 1. The maximum Gasteiger partial charge on any atom is 0.317 e. The Morgan fingerprint density at radius 3 is 2.71 bits per heavy atom. The van der Waals surface area contributed by atoms with Gasteiger partial charge in [0.05, 0.1) is 12.1 Å². The predicted octanol–water partition coefficient (Wildman–Crippen LogP) is 2.94. The molecule has 4 heteroatoms. The van der Waals surface area contributed by atoms with E-state index < -0.39 is 0 Å². The fourth-order valence-electron chi connectivity index (χ4n) is 2.81. The first-order valence-corrected chi connectivity index (χ1v) is 7.84. The number of β-amino-alcohol motifs (C(OH)–C–C–N with tert-alkyl or cyclic N) is 1. The Kier molecular flexibility index (Phi) is 5.62. The van der Waals surface area contributed by atoms with E-state index in [-0.39, 0.29) is 18.2 Å². The van der Waals surface area contributed by atoms with Gasteiger partial charge in [-0.3, -0.25) is 0 Å². The Balaban J connectivity index is 2.02. The molecule has 0 aliphatic carbocycles. The van der Waals surface area contributed by atoms with Gasteiger partial charge in [-0.05, 0) is 30.7 Å². The summed E-state index contributed by atoms with van der Waals surface area (Å²) >= 11 is 0. The van der Waals surface area contributed by atoms with Gasteiger partial charge in [-0.2, -0.15) is 0 Å². The molecule has 0 spiro atoms. The first kappa shape index (κ1) is 15.8. The van der Waals surface area contributed by atoms with Crippen molar-refractivity contribution in [1.82, 2.24) is 10.2 Å². The number of hydrogen-bond donors (Lipinski definition) is 2. The van der Waals surface area contributed by atoms with Crippen molar-refractivity contribution in [3.63, 3.8) is 0 Å². The van der Waals surface area contributed by atoms with Gasteiger partial charge < -0.3 is 15.3 Å². The van der Waals surface area contributed by atoms with E-state index in [2.05, 4.69) is 31.3 Å². The topological polar surface area (TPSA) is 52.6 Å². The van der Waals surface area contributed by atoms with Crippen LogP contribution < -0.4 is 5.32 Å². The molecule has 0 aromatic heterocycles. The summed E-state index contributed by atoms with van der Waals surface area (Å²) in [5.74, 6) is 0.502. The molecule has 2 unspecified atom stereocenters. The first-order valence-electron chi connectivity index (χ1n) is 7.84. The van der Waals surface area contributed by atoms with E-state index in [1.54, 1.807) is 4.90 Å². The lowest BCUT2D eigenvalue weighted by Crippen LogP contribution is -2.48. The van der Waals surface area contributed by atoms with Crippen LogP contribution in [0.4, 0.5) is 4.79 Å². The van der Waals surface area contributed by atoms with Crippen molar-refractivity contribution in [3.05, 3.63) is 35.9 Å². The van der Waals surface area contributed by atoms with Crippen LogP contribution in [0.3, 0.4) is 0 Å². The second-order valence-corrected chi connectivity index (χ2v) is 6.28. The molecule has 0 saturated carbocycles. The number of likely N-dealkylation sites (tertiary alicyclic amines) is 1. The quantitative estimate of drug-likeness (QED) is 0.896. The van der Waals surface area contributed by atoms with Crippen molar-refractivity contribution in [2.45, 2.75) is 45.3 Å². The van der Waals surface area contributed by atoms with E-state index in [1.807, 2.05) is 18.2 Å². The molecule has 1 aromatic carbocycles. The van der Waals surface area contributed by atoms with Crippen LogP contribution in [-0.4, -0.2) is 35.2 Å². The van der Waals surface area contributed by atoms with Gasteiger partial charge in [0, 0.05) is 13.1 Å². The predicted molar refractivity (Wildman–Crippen MR) is 84.0 cm³/mol. The minimum Gasteiger partial charge on any atom is -0.391 e. The third-order valence-corrected chi connectivity index (χ3v) is 3.89. The number of piperidine rings is 1. The van der Waals surface area contributed by atoms with E-state index in [0.717, 1.165) is 31.4 Å². The molecule has 2 N–H and O–H groups in total. The molecule has 2 rings (SSSR count). The Bertz CT molecular complexity index is 447. The molecule has 1 aliphatic rings. The number of amides is 2. The monoisotopic (exact) mass is 290 g/mol. The van der Waals surface area contributed by atoms with Crippen molar-refractivity contribution in [2.24, 2.45) is 5.92 Å². The van der Waals surface area contributed by atoms with E-state index >= 15 is 0 Å². The molecule has 0 bridgehead atoms. The number of nitrogens with one attached hydrogen (secondary N) is 1. The fourth-order valence-corrected chi connectivity index (χ4v) is 2.81. The first-order chi connectivity index (χ1) is 10.1. The highest BCUT2D eigenvalue weighted by Crippen LogP contribution is 2.22. The zero-order valence-corrected chi connectivity index (χ0v) is 13.0. The lowest BCUT2D eigenvalue weighted by molar-refractivity contribution is 0.0830. The van der Waals surface area contributed by atoms with Gasteiger partial charge in [-0.1, -0.05) is 44.2 Å². The maximum atomic E-state index is 12.4. The fraction of sp³-hybridized carbons (Fsp3) is 0.588. The highest BCUT2D eigenvalue weighted by molar-refractivity contribution is 5.74. The van der Waals surface area contributed by atoms with Crippen LogP contribution in [0.15, 0.2) is 30.3 Å². The second kappa shape index (κ2) is 7.46. The smallest absolute Gasteiger partial charge is 0.317 e. The standard InChI is InChI=1S/C17H26N2O2/c1-13(2)11-16(14-7-4-3-5-8-14)18-17(21)19-10-6-9-15(20)12-19/h3-5,7-8,13,15-16,20H,6,9-12H2,1-2H3,(H,18,21). The van der Waals surface area contributed by atoms with Crippen LogP contribution in [0.25, 0.3) is 0 Å². The molecular weight excluding hydrogens is 264 g/mol. The number of rotatable bonds is 4. The van der Waals surface area contributed by atoms with Gasteiger partial charge in [-0.15, -0.1) is 0 Å². The Hall–Kier alpha value is -1.55. The van der Waals surface area contributed by atoms with Gasteiger partial charge in [0.25, 0.3) is 0 Å². The summed E-state index contributed by atoms with van der Waals surface area (Å²) in [4.78, 5) is 14.1. The maximum absolute atomic E-state index is 12.4. The molecule has 116 valence electrons. The summed E-state index contributed by atoms with van der Waals surface area (Å²) in [6.07, 6.45) is 2.18. The molecule has 21 heavy (non-hydrogen) atoms. The number of aliphatic hydroxyl groups is 1. The average molecular weight is 290 g/mol. The summed E-state index contributed by atoms with van der Waals surface area (Å²) in [5.41, 5.74) is 1.14. The molecule has 1 fully saturated rings. The highest BCUT2D eigenvalue weighted by Gasteiger charge is 2.24. The van der Waals surface area contributed by atoms with Crippen LogP contribution in [0.5, 0.6) is 0 Å². The minimum absolute atomic E-state index is 0.0257. The van der Waals surface area contributed by atoms with Crippen LogP contribution in [0.1, 0.15) is 44.7 Å². The number of urea groups is 1. The van der Waals surface area contributed by atoms with Crippen LogP contribution in [0, 0.1) is 5.92 Å². The molecule has 2 amide bonds. The summed E-state index contributed by atoms with van der Waals surface area (Å²) < 4.78 is 0. The van der Waals surface area contributed by atoms with Crippen molar-refractivity contribution in [3.8, 4) is 0 Å². The number of carbonyl (C=O) groups excluding carboxylic acids is 1. The van der Waals surface area contributed by atoms with E-state index in [4.69, 9.17) is 0 Å². The number of aliphatic hydroxyl groups excluding tert-OH is 1. The molecular formula is C17H26N2O2. The molecule has 4 nitrogen and oxygen atoms in total. The molecule has 1 saturated heterocycles. The zero-order chi connectivity index (χ0) is 15.2. The lowest BCUT2D eigenvalue weighted by Gasteiger charge is -2.32. The van der Waals surface area contributed by atoms with Crippen molar-refractivity contribution in [2.75, 3.05) is 13.1 Å². The highest BCUT2D eigenvalue weighted by atomic mass is 16.3. The summed E-state index contributed by atoms with van der Waals surface area (Å²) in [7, 11) is 0. The van der Waals surface area contributed by atoms with Gasteiger partial charge in [-0.25, -0.2) is 4.79 Å². The average Bonchev–Trinajstić information content (AvgIpc) is 2.47. The van der Waals surface area contributed by atoms with Crippen LogP contribution >= 0.6 is 0 Å². The van der Waals surface area contributed by atoms with E-state index in [0.29, 0.717) is 12.5 Å². The summed E-state index contributed by atoms with van der Waals surface area (Å²) in [6, 6.07) is 10.1. The molecule has 1 aliphatic heterocycles. The second-order valence-electron chi connectivity index (χ2n) is 6.28. The molecule has 2 atom stereocenters. The molecule has 1 heterocycles. The van der Waals surface area contributed by atoms with Crippen LogP contribution in [0.2, 0.25) is 0 Å². The van der Waals surface area contributed by atoms with Gasteiger partial charge in [0.1, 0.15) is 0 Å². The van der Waals surface area contributed by atoms with Crippen molar-refractivity contribution in [1.29, 1.82) is 0 Å². The third-order valence-electron chi connectivity index (χ3n) is 3.89. The largest absolute Gasteiger partial charge is 0.391 e. The lowest BCUT2D eigenvalue weighted by atomic mass is 9.97. The van der Waals surface area contributed by atoms with E-state index in [1.165, 1.54) is 0 Å². The number of nitrogens with zero attached hydrogens (tertiary/aromatic N) is 1. The van der Waals surface area contributed by atoms with Gasteiger partial charge in [0.2, 0.25) is 0 Å². The Morgan fingerprint density at radius 1 is 1.38 bits per heavy atom. The van der Waals surface area contributed by atoms with Crippen molar-refractivity contribution < 1.29 is 9.90 Å². The van der Waals surface area contributed by atoms with Gasteiger partial charge in [0.15, 0.2) is 0 Å².